The highest BCUT2D eigenvalue weighted by atomic mass is 16.4. The number of furan rings is 1. The first kappa shape index (κ1) is 12.3. The molecule has 0 radical (unpaired) electrons. The maximum Gasteiger partial charge on any atom is 0.326 e. The topological polar surface area (TPSA) is 78.3 Å². The van der Waals surface area contributed by atoms with Crippen molar-refractivity contribution in [2.24, 2.45) is 0 Å². The molecule has 2 aromatic heterocycles. The summed E-state index contributed by atoms with van der Waals surface area (Å²) in [5.41, 5.74) is 1.97. The third-order valence-electron chi connectivity index (χ3n) is 3.23. The van der Waals surface area contributed by atoms with E-state index in [1.807, 2.05) is 30.5 Å². The quantitative estimate of drug-likeness (QED) is 0.666. The lowest BCUT2D eigenvalue weighted by molar-refractivity contribution is -0.137. The molecule has 3 aromatic rings. The van der Waals surface area contributed by atoms with Crippen LogP contribution in [0.1, 0.15) is 5.56 Å². The number of anilines is 1. The van der Waals surface area contributed by atoms with Gasteiger partial charge < -0.3 is 19.8 Å². The Kier molecular flexibility index (Phi) is 3.16. The molecule has 1 aromatic carbocycles. The summed E-state index contributed by atoms with van der Waals surface area (Å²) in [6.07, 6.45) is 3.73. The second-order valence-corrected chi connectivity index (χ2v) is 4.58. The number of aromatic amines is 1. The van der Waals surface area contributed by atoms with Crippen LogP contribution < -0.4 is 5.32 Å². The molecule has 0 amide bonds. The highest BCUT2D eigenvalue weighted by molar-refractivity contribution is 5.85. The van der Waals surface area contributed by atoms with Crippen LogP contribution in [0, 0.1) is 0 Å². The molecule has 5 heteroatoms. The summed E-state index contributed by atoms with van der Waals surface area (Å²) in [6.45, 7) is 0. The van der Waals surface area contributed by atoms with Crippen LogP contribution in [0.4, 0.5) is 5.88 Å². The fourth-order valence-corrected chi connectivity index (χ4v) is 2.25. The van der Waals surface area contributed by atoms with Crippen LogP contribution in [0.3, 0.4) is 0 Å². The van der Waals surface area contributed by atoms with Gasteiger partial charge in [-0.2, -0.15) is 0 Å². The molecule has 0 saturated carbocycles. The largest absolute Gasteiger partial charge is 0.480 e. The third-order valence-corrected chi connectivity index (χ3v) is 3.23. The van der Waals surface area contributed by atoms with Crippen LogP contribution in [-0.4, -0.2) is 22.1 Å². The van der Waals surface area contributed by atoms with Crippen molar-refractivity contribution in [2.45, 2.75) is 12.5 Å². The Morgan fingerprint density at radius 2 is 2.15 bits per heavy atom. The Morgan fingerprint density at radius 1 is 1.30 bits per heavy atom. The first-order chi connectivity index (χ1) is 9.74. The van der Waals surface area contributed by atoms with Crippen LogP contribution in [0.5, 0.6) is 0 Å². The minimum Gasteiger partial charge on any atom is -0.480 e. The molecule has 2 heterocycles. The number of aliphatic carboxylic acids is 1. The third kappa shape index (κ3) is 2.38. The molecule has 3 N–H and O–H groups in total. The van der Waals surface area contributed by atoms with Gasteiger partial charge in [0.05, 0.1) is 6.26 Å². The van der Waals surface area contributed by atoms with Crippen LogP contribution in [0.2, 0.25) is 0 Å². The number of hydrogen-bond donors (Lipinski definition) is 3. The minimum absolute atomic E-state index is 0.375. The number of nitrogens with one attached hydrogen (secondary N) is 2. The van der Waals surface area contributed by atoms with E-state index in [9.17, 15) is 9.90 Å². The zero-order valence-corrected chi connectivity index (χ0v) is 10.7. The molecule has 0 saturated heterocycles. The van der Waals surface area contributed by atoms with E-state index in [1.54, 1.807) is 12.1 Å². The van der Waals surface area contributed by atoms with Gasteiger partial charge in [0.25, 0.3) is 0 Å². The zero-order valence-electron chi connectivity index (χ0n) is 10.7. The van der Waals surface area contributed by atoms with Gasteiger partial charge in [0.15, 0.2) is 5.88 Å². The maximum atomic E-state index is 11.4. The van der Waals surface area contributed by atoms with Gasteiger partial charge in [-0.25, -0.2) is 4.79 Å². The molecule has 0 unspecified atom stereocenters. The van der Waals surface area contributed by atoms with Crippen molar-refractivity contribution < 1.29 is 14.3 Å². The number of rotatable bonds is 5. The van der Waals surface area contributed by atoms with Gasteiger partial charge in [0, 0.05) is 29.6 Å². The Bertz CT molecular complexity index is 716. The fourth-order valence-electron chi connectivity index (χ4n) is 2.25. The molecule has 20 heavy (non-hydrogen) atoms. The van der Waals surface area contributed by atoms with Crippen molar-refractivity contribution in [3.05, 3.63) is 54.4 Å². The Labute approximate surface area is 115 Å². The van der Waals surface area contributed by atoms with Crippen LogP contribution in [-0.2, 0) is 11.2 Å². The van der Waals surface area contributed by atoms with E-state index in [4.69, 9.17) is 4.42 Å². The van der Waals surface area contributed by atoms with Crippen LogP contribution in [0.15, 0.2) is 53.3 Å². The van der Waals surface area contributed by atoms with Crippen molar-refractivity contribution in [1.82, 2.24) is 4.98 Å². The summed E-state index contributed by atoms with van der Waals surface area (Å²) in [7, 11) is 0. The standard InChI is InChI=1S/C15H14N2O3/c18-15(19)13(17-14-6-3-7-20-14)8-10-9-16-12-5-2-1-4-11(10)12/h1-7,9,13,16-17H,8H2,(H,18,19)/t13-/m0/s1. The molecule has 0 aliphatic rings. The lowest BCUT2D eigenvalue weighted by Gasteiger charge is -2.13. The van der Waals surface area contributed by atoms with Gasteiger partial charge in [-0.05, 0) is 17.7 Å². The molecule has 3 rings (SSSR count). The monoisotopic (exact) mass is 270 g/mol. The molecule has 0 fully saturated rings. The number of carbonyl (C=O) groups is 1. The Balaban J connectivity index is 1.84. The molecule has 0 aliphatic carbocycles. The zero-order chi connectivity index (χ0) is 13.9. The number of para-hydroxylation sites is 1. The normalized spacial score (nSPS) is 12.4. The SMILES string of the molecule is O=C(O)[C@H](Cc1c[nH]c2ccccc12)Nc1ccco1. The molecular formula is C15H14N2O3. The highest BCUT2D eigenvalue weighted by Crippen LogP contribution is 2.20. The number of benzene rings is 1. The van der Waals surface area contributed by atoms with E-state index < -0.39 is 12.0 Å². The van der Waals surface area contributed by atoms with Gasteiger partial charge >= 0.3 is 5.97 Å². The molecule has 0 aliphatic heterocycles. The Morgan fingerprint density at radius 3 is 2.90 bits per heavy atom. The van der Waals surface area contributed by atoms with Gasteiger partial charge in [0.1, 0.15) is 6.04 Å². The molecule has 0 spiro atoms. The smallest absolute Gasteiger partial charge is 0.326 e. The minimum atomic E-state index is -0.910. The Hall–Kier alpha value is -2.69. The number of H-pyrrole nitrogens is 1. The van der Waals surface area contributed by atoms with Crippen molar-refractivity contribution >= 4 is 22.8 Å². The fraction of sp³-hybridized carbons (Fsp3) is 0.133. The van der Waals surface area contributed by atoms with Gasteiger partial charge in [0.2, 0.25) is 0 Å². The van der Waals surface area contributed by atoms with E-state index in [1.165, 1.54) is 6.26 Å². The first-order valence-electron chi connectivity index (χ1n) is 6.32. The van der Waals surface area contributed by atoms with Gasteiger partial charge in [-0.15, -0.1) is 0 Å². The van der Waals surface area contributed by atoms with Gasteiger partial charge in [-0.3, -0.25) is 0 Å². The van der Waals surface area contributed by atoms with Crippen molar-refractivity contribution in [3.8, 4) is 0 Å². The number of fused-ring (bicyclic) bond motifs is 1. The average Bonchev–Trinajstić information content (AvgIpc) is 3.08. The first-order valence-corrected chi connectivity index (χ1v) is 6.32. The number of carboxylic acids is 1. The maximum absolute atomic E-state index is 11.4. The highest BCUT2D eigenvalue weighted by Gasteiger charge is 2.20. The van der Waals surface area contributed by atoms with Crippen molar-refractivity contribution in [3.63, 3.8) is 0 Å². The van der Waals surface area contributed by atoms with Crippen molar-refractivity contribution in [2.75, 3.05) is 5.32 Å². The van der Waals surface area contributed by atoms with E-state index in [0.717, 1.165) is 16.5 Å². The number of aromatic nitrogens is 1. The summed E-state index contributed by atoms with van der Waals surface area (Å²) < 4.78 is 5.14. The van der Waals surface area contributed by atoms with E-state index in [0.29, 0.717) is 12.3 Å². The molecular weight excluding hydrogens is 256 g/mol. The second-order valence-electron chi connectivity index (χ2n) is 4.58. The van der Waals surface area contributed by atoms with Crippen LogP contribution in [0.25, 0.3) is 10.9 Å². The summed E-state index contributed by atoms with van der Waals surface area (Å²) in [4.78, 5) is 14.5. The average molecular weight is 270 g/mol. The van der Waals surface area contributed by atoms with E-state index in [-0.39, 0.29) is 0 Å². The molecule has 102 valence electrons. The van der Waals surface area contributed by atoms with Gasteiger partial charge in [-0.1, -0.05) is 18.2 Å². The predicted octanol–water partition coefficient (Wildman–Crippen LogP) is 2.87. The van der Waals surface area contributed by atoms with E-state index >= 15 is 0 Å². The lowest BCUT2D eigenvalue weighted by atomic mass is 10.1. The summed E-state index contributed by atoms with van der Waals surface area (Å²) in [5.74, 6) is -0.455. The van der Waals surface area contributed by atoms with Crippen LogP contribution >= 0.6 is 0 Å². The molecule has 5 nitrogen and oxygen atoms in total. The summed E-state index contributed by atoms with van der Waals surface area (Å²) >= 11 is 0. The number of carboxylic acid groups (broad SMARTS) is 1. The molecule has 1 atom stereocenters. The summed E-state index contributed by atoms with van der Waals surface area (Å²) in [6, 6.07) is 10.5. The number of hydrogen-bond acceptors (Lipinski definition) is 3. The second kappa shape index (κ2) is 5.13. The summed E-state index contributed by atoms with van der Waals surface area (Å²) in [5, 5.41) is 13.3. The molecule has 0 bridgehead atoms. The predicted molar refractivity (Wildman–Crippen MR) is 75.8 cm³/mol. The van der Waals surface area contributed by atoms with E-state index in [2.05, 4.69) is 10.3 Å². The van der Waals surface area contributed by atoms with Crippen molar-refractivity contribution in [1.29, 1.82) is 0 Å². The lowest BCUT2D eigenvalue weighted by Crippen LogP contribution is -2.31.